The summed E-state index contributed by atoms with van der Waals surface area (Å²) in [5.74, 6) is -2.73. The van der Waals surface area contributed by atoms with Crippen LogP contribution >= 0.6 is 0 Å². The Bertz CT molecular complexity index is 1280. The number of amides is 4. The Labute approximate surface area is 196 Å². The molecule has 2 aromatic carbocycles. The van der Waals surface area contributed by atoms with Crippen LogP contribution in [0.2, 0.25) is 0 Å². The maximum Gasteiger partial charge on any atom is 0.335 e. The van der Waals surface area contributed by atoms with Gasteiger partial charge in [-0.1, -0.05) is 42.5 Å². The fourth-order valence-electron chi connectivity index (χ4n) is 4.21. The van der Waals surface area contributed by atoms with Crippen molar-refractivity contribution in [1.29, 1.82) is 0 Å². The molecule has 3 aromatic rings. The van der Waals surface area contributed by atoms with Gasteiger partial charge in [0, 0.05) is 23.5 Å². The quantitative estimate of drug-likeness (QED) is 0.302. The monoisotopic (exact) mass is 461 g/mol. The number of urea groups is 1. The van der Waals surface area contributed by atoms with Gasteiger partial charge in [0.2, 0.25) is 0 Å². The molecule has 1 unspecified atom stereocenters. The zero-order valence-corrected chi connectivity index (χ0v) is 19.1. The number of Topliss-reactive ketones (excluding diaryl/α,β-unsaturated/α-hetero) is 1. The normalized spacial score (nSPS) is 14.8. The molecule has 1 aromatic heterocycles. The van der Waals surface area contributed by atoms with Crippen LogP contribution in [-0.4, -0.2) is 44.5 Å². The lowest BCUT2D eigenvalue weighted by Crippen LogP contribution is -2.38. The van der Waals surface area contributed by atoms with E-state index < -0.39 is 36.2 Å². The maximum atomic E-state index is 13.2. The molecule has 4 amide bonds. The Kier molecular flexibility index (Phi) is 6.15. The topological polar surface area (TPSA) is 79.7 Å². The van der Waals surface area contributed by atoms with Gasteiger partial charge in [0.25, 0.3) is 0 Å². The number of aryl methyl sites for hydroxylation is 1. The Balaban J connectivity index is 1.53. The van der Waals surface area contributed by atoms with E-state index in [0.29, 0.717) is 28.3 Å². The maximum absolute atomic E-state index is 13.2. The molecular formula is C26H24FN3O4. The Morgan fingerprint density at radius 3 is 2.24 bits per heavy atom. The highest BCUT2D eigenvalue weighted by atomic mass is 19.1. The zero-order valence-electron chi connectivity index (χ0n) is 19.1. The van der Waals surface area contributed by atoms with Gasteiger partial charge in [-0.2, -0.15) is 0 Å². The first kappa shape index (κ1) is 23.1. The molecule has 1 aliphatic rings. The summed E-state index contributed by atoms with van der Waals surface area (Å²) in [5, 5.41) is 0. The number of aromatic nitrogens is 1. The van der Waals surface area contributed by atoms with Crippen molar-refractivity contribution >= 4 is 23.6 Å². The van der Waals surface area contributed by atoms with Gasteiger partial charge >= 0.3 is 17.8 Å². The van der Waals surface area contributed by atoms with Crippen LogP contribution in [0.25, 0.3) is 0 Å². The number of benzene rings is 2. The van der Waals surface area contributed by atoms with E-state index in [1.165, 1.54) is 12.1 Å². The van der Waals surface area contributed by atoms with E-state index in [4.69, 9.17) is 0 Å². The summed E-state index contributed by atoms with van der Waals surface area (Å²) in [5.41, 5.74) is 3.39. The van der Waals surface area contributed by atoms with Crippen molar-refractivity contribution in [2.75, 3.05) is 6.54 Å². The van der Waals surface area contributed by atoms with Crippen LogP contribution in [0.1, 0.15) is 45.8 Å². The lowest BCUT2D eigenvalue weighted by Gasteiger charge is -2.22. The summed E-state index contributed by atoms with van der Waals surface area (Å²) in [6.07, 6.45) is 0. The molecule has 0 bridgehead atoms. The standard InChI is InChI=1S/C26H24FN3O4/c1-16-13-22(18(3)28(16)14-19-9-11-21(27)12-10-19)23(31)15-29-24(32)25(33)30(26(29)34)17(2)20-7-5-4-6-8-20/h4-13,17H,14-15H2,1-3H3. The molecule has 7 nitrogen and oxygen atoms in total. The summed E-state index contributed by atoms with van der Waals surface area (Å²) in [4.78, 5) is 52.8. The van der Waals surface area contributed by atoms with Crippen molar-refractivity contribution in [3.05, 3.63) is 94.6 Å². The van der Waals surface area contributed by atoms with Gasteiger partial charge in [0.05, 0.1) is 12.6 Å². The molecule has 1 fully saturated rings. The van der Waals surface area contributed by atoms with Crippen LogP contribution in [0, 0.1) is 19.7 Å². The third kappa shape index (κ3) is 4.14. The molecular weight excluding hydrogens is 437 g/mol. The summed E-state index contributed by atoms with van der Waals surface area (Å²) in [6, 6.07) is 15.2. The zero-order chi connectivity index (χ0) is 24.6. The van der Waals surface area contributed by atoms with Crippen molar-refractivity contribution in [2.45, 2.75) is 33.4 Å². The van der Waals surface area contributed by atoms with Gasteiger partial charge < -0.3 is 4.57 Å². The second kappa shape index (κ2) is 9.05. The molecule has 0 saturated carbocycles. The van der Waals surface area contributed by atoms with Crippen molar-refractivity contribution < 1.29 is 23.6 Å². The number of carbonyl (C=O) groups is 4. The molecule has 8 heteroatoms. The van der Waals surface area contributed by atoms with Crippen molar-refractivity contribution in [1.82, 2.24) is 14.4 Å². The molecule has 4 rings (SSSR count). The second-order valence-corrected chi connectivity index (χ2v) is 8.36. The van der Waals surface area contributed by atoms with Crippen molar-refractivity contribution in [2.24, 2.45) is 0 Å². The van der Waals surface area contributed by atoms with Gasteiger partial charge in [0.1, 0.15) is 5.82 Å². The molecule has 174 valence electrons. The van der Waals surface area contributed by atoms with Gasteiger partial charge in [-0.3, -0.25) is 14.4 Å². The number of hydrogen-bond acceptors (Lipinski definition) is 4. The minimum absolute atomic E-state index is 0.328. The van der Waals surface area contributed by atoms with E-state index in [-0.39, 0.29) is 5.82 Å². The van der Waals surface area contributed by atoms with E-state index in [0.717, 1.165) is 16.2 Å². The predicted octanol–water partition coefficient (Wildman–Crippen LogP) is 4.03. The van der Waals surface area contributed by atoms with E-state index in [1.54, 1.807) is 56.3 Å². The molecule has 0 N–H and O–H groups in total. The van der Waals surface area contributed by atoms with Crippen LogP contribution in [0.15, 0.2) is 60.7 Å². The number of nitrogens with zero attached hydrogens (tertiary/aromatic N) is 3. The lowest BCUT2D eigenvalue weighted by atomic mass is 10.1. The summed E-state index contributed by atoms with van der Waals surface area (Å²) >= 11 is 0. The average Bonchev–Trinajstić information content (AvgIpc) is 3.22. The molecule has 0 radical (unpaired) electrons. The first-order chi connectivity index (χ1) is 16.2. The minimum atomic E-state index is -1.01. The summed E-state index contributed by atoms with van der Waals surface area (Å²) in [7, 11) is 0. The fraction of sp³-hybridized carbons (Fsp3) is 0.231. The number of ketones is 1. The molecule has 1 atom stereocenters. The summed E-state index contributed by atoms with van der Waals surface area (Å²) < 4.78 is 15.1. The van der Waals surface area contributed by atoms with Gasteiger partial charge in [-0.05, 0) is 50.1 Å². The molecule has 0 aliphatic carbocycles. The molecule has 1 aliphatic heterocycles. The second-order valence-electron chi connectivity index (χ2n) is 8.36. The van der Waals surface area contributed by atoms with Crippen LogP contribution in [0.5, 0.6) is 0 Å². The van der Waals surface area contributed by atoms with Crippen LogP contribution < -0.4 is 0 Å². The Morgan fingerprint density at radius 2 is 1.59 bits per heavy atom. The molecule has 0 spiro atoms. The highest BCUT2D eigenvalue weighted by Crippen LogP contribution is 2.27. The van der Waals surface area contributed by atoms with Crippen LogP contribution in [0.3, 0.4) is 0 Å². The Morgan fingerprint density at radius 1 is 0.941 bits per heavy atom. The van der Waals surface area contributed by atoms with Crippen molar-refractivity contribution in [3.63, 3.8) is 0 Å². The van der Waals surface area contributed by atoms with Crippen molar-refractivity contribution in [3.8, 4) is 0 Å². The van der Waals surface area contributed by atoms with Gasteiger partial charge in [-0.15, -0.1) is 0 Å². The van der Waals surface area contributed by atoms with E-state index in [9.17, 15) is 23.6 Å². The molecule has 34 heavy (non-hydrogen) atoms. The first-order valence-corrected chi connectivity index (χ1v) is 10.9. The SMILES string of the molecule is Cc1cc(C(=O)CN2C(=O)C(=O)N(C(C)c3ccccc3)C2=O)c(C)n1Cc1ccc(F)cc1. The van der Waals surface area contributed by atoms with Crippen LogP contribution in [-0.2, 0) is 16.1 Å². The fourth-order valence-corrected chi connectivity index (χ4v) is 4.21. The highest BCUT2D eigenvalue weighted by molar-refractivity contribution is 6.45. The highest BCUT2D eigenvalue weighted by Gasteiger charge is 2.47. The number of hydrogen-bond donors (Lipinski definition) is 0. The van der Waals surface area contributed by atoms with E-state index in [2.05, 4.69) is 0 Å². The Hall–Kier alpha value is -4.07. The minimum Gasteiger partial charge on any atom is -0.344 e. The third-order valence-corrected chi connectivity index (χ3v) is 6.18. The number of imide groups is 2. The molecule has 2 heterocycles. The smallest absolute Gasteiger partial charge is 0.335 e. The van der Waals surface area contributed by atoms with Crippen LogP contribution in [0.4, 0.5) is 9.18 Å². The summed E-state index contributed by atoms with van der Waals surface area (Å²) in [6.45, 7) is 5.18. The van der Waals surface area contributed by atoms with E-state index in [1.807, 2.05) is 17.6 Å². The largest absolute Gasteiger partial charge is 0.344 e. The number of rotatable bonds is 7. The van der Waals surface area contributed by atoms with E-state index >= 15 is 0 Å². The van der Waals surface area contributed by atoms with Gasteiger partial charge in [-0.25, -0.2) is 19.0 Å². The first-order valence-electron chi connectivity index (χ1n) is 10.9. The predicted molar refractivity (Wildman–Crippen MR) is 123 cm³/mol. The third-order valence-electron chi connectivity index (χ3n) is 6.18. The lowest BCUT2D eigenvalue weighted by molar-refractivity contribution is -0.143. The average molecular weight is 461 g/mol. The number of halogens is 1. The molecule has 1 saturated heterocycles. The van der Waals surface area contributed by atoms with Gasteiger partial charge in [0.15, 0.2) is 5.78 Å². The number of carbonyl (C=O) groups excluding carboxylic acids is 4.